The minimum absolute atomic E-state index is 0.0595. The average molecular weight is 791 g/mol. The van der Waals surface area contributed by atoms with Crippen LogP contribution >= 0.6 is 0 Å². The normalized spacial score (nSPS) is 15.4. The Morgan fingerprint density at radius 1 is 0.909 bits per heavy atom. The van der Waals surface area contributed by atoms with Crippen molar-refractivity contribution >= 4 is 44.2 Å². The molecule has 3 heterocycles. The second-order valence-electron chi connectivity index (χ2n) is 15.3. The van der Waals surface area contributed by atoms with E-state index in [4.69, 9.17) is 28.4 Å². The van der Waals surface area contributed by atoms with Gasteiger partial charge in [0.15, 0.2) is 15.7 Å². The number of hydrogen-bond acceptors (Lipinski definition) is 13. The standard InChI is InChI=1S/C38H58N6O10S/c1-26-24-43(12-13-44(26)36(46)54-37(4,5)6)34(45)25-52-19-18-50-15-14-49-16-17-51-20-21-53-32-23-31-29(22-33(32)55(47,48)38(7,8)9)30(10-11-39-31)40-35-27(2)28(3)41-42-35/h10-11,22-23,26H,12-21,24-25H2,1-9H3,(H2,39,40,41,42). The van der Waals surface area contributed by atoms with Crippen molar-refractivity contribution in [2.75, 3.05) is 84.4 Å². The smallest absolute Gasteiger partial charge is 0.410 e. The van der Waals surface area contributed by atoms with Crippen LogP contribution in [0, 0.1) is 13.8 Å². The van der Waals surface area contributed by atoms with Gasteiger partial charge in [0.25, 0.3) is 0 Å². The van der Waals surface area contributed by atoms with Gasteiger partial charge >= 0.3 is 6.09 Å². The zero-order valence-corrected chi connectivity index (χ0v) is 34.5. The Bertz CT molecular complexity index is 1850. The van der Waals surface area contributed by atoms with E-state index in [9.17, 15) is 18.0 Å². The summed E-state index contributed by atoms with van der Waals surface area (Å²) in [4.78, 5) is 32.9. The van der Waals surface area contributed by atoms with Crippen molar-refractivity contribution in [3.05, 3.63) is 35.7 Å². The number of aromatic amines is 1. The first kappa shape index (κ1) is 43.7. The molecular weight excluding hydrogens is 733 g/mol. The molecule has 1 aliphatic rings. The van der Waals surface area contributed by atoms with E-state index in [0.29, 0.717) is 75.1 Å². The van der Waals surface area contributed by atoms with Gasteiger partial charge in [0.1, 0.15) is 29.5 Å². The number of rotatable bonds is 18. The molecular formula is C38H58N6O10S. The Balaban J connectivity index is 1.12. The fraction of sp³-hybridized carbons (Fsp3) is 0.632. The molecule has 1 saturated heterocycles. The maximum atomic E-state index is 13.7. The molecule has 0 aliphatic carbocycles. The van der Waals surface area contributed by atoms with E-state index in [1.807, 2.05) is 41.5 Å². The van der Waals surface area contributed by atoms with Gasteiger partial charge in [-0.25, -0.2) is 13.2 Å². The van der Waals surface area contributed by atoms with Crippen LogP contribution in [0.2, 0.25) is 0 Å². The molecule has 16 nitrogen and oxygen atoms in total. The van der Waals surface area contributed by atoms with Crippen LogP contribution in [0.1, 0.15) is 59.7 Å². The maximum Gasteiger partial charge on any atom is 0.410 e. The lowest BCUT2D eigenvalue weighted by Gasteiger charge is -2.40. The van der Waals surface area contributed by atoms with Crippen LogP contribution in [0.3, 0.4) is 0 Å². The van der Waals surface area contributed by atoms with Gasteiger partial charge in [0.05, 0.1) is 62.2 Å². The molecule has 4 rings (SSSR count). The molecule has 1 fully saturated rings. The van der Waals surface area contributed by atoms with Gasteiger partial charge in [-0.15, -0.1) is 0 Å². The van der Waals surface area contributed by atoms with Crippen LogP contribution in [0.15, 0.2) is 29.3 Å². The summed E-state index contributed by atoms with van der Waals surface area (Å²) < 4.78 is 60.0. The summed E-state index contributed by atoms with van der Waals surface area (Å²) in [6.45, 7) is 19.7. The van der Waals surface area contributed by atoms with E-state index in [1.54, 1.807) is 55.0 Å². The lowest BCUT2D eigenvalue weighted by Crippen LogP contribution is -2.56. The third-order valence-electron chi connectivity index (χ3n) is 8.84. The summed E-state index contributed by atoms with van der Waals surface area (Å²) in [5.74, 6) is 0.722. The quantitative estimate of drug-likeness (QED) is 0.168. The third kappa shape index (κ3) is 12.2. The molecule has 2 aromatic heterocycles. The number of fused-ring (bicyclic) bond motifs is 1. The number of aromatic nitrogens is 3. The molecule has 0 spiro atoms. The summed E-state index contributed by atoms with van der Waals surface area (Å²) in [5, 5.41) is 11.2. The first-order chi connectivity index (χ1) is 25.9. The number of carbonyl (C=O) groups is 2. The summed E-state index contributed by atoms with van der Waals surface area (Å²) in [6, 6.07) is 4.88. The van der Waals surface area contributed by atoms with Crippen LogP contribution in [-0.2, 0) is 38.3 Å². The number of ether oxygens (including phenoxy) is 6. The lowest BCUT2D eigenvalue weighted by molar-refractivity contribution is -0.139. The largest absolute Gasteiger partial charge is 0.490 e. The molecule has 0 bridgehead atoms. The van der Waals surface area contributed by atoms with E-state index in [1.165, 1.54) is 0 Å². The van der Waals surface area contributed by atoms with Gasteiger partial charge in [-0.05, 0) is 74.4 Å². The fourth-order valence-electron chi connectivity index (χ4n) is 5.55. The van der Waals surface area contributed by atoms with Gasteiger partial charge in [-0.2, -0.15) is 5.10 Å². The Hall–Kier alpha value is -4.03. The molecule has 55 heavy (non-hydrogen) atoms. The molecule has 1 aliphatic heterocycles. The third-order valence-corrected chi connectivity index (χ3v) is 11.4. The fourth-order valence-corrected chi connectivity index (χ4v) is 6.86. The van der Waals surface area contributed by atoms with Crippen molar-refractivity contribution in [1.82, 2.24) is 25.0 Å². The average Bonchev–Trinajstić information content (AvgIpc) is 3.42. The topological polar surface area (TPSA) is 184 Å². The number of hydrogen-bond donors (Lipinski definition) is 2. The molecule has 0 saturated carbocycles. The highest BCUT2D eigenvalue weighted by Gasteiger charge is 2.35. The second-order valence-corrected chi connectivity index (χ2v) is 18.0. The highest BCUT2D eigenvalue weighted by molar-refractivity contribution is 7.92. The predicted molar refractivity (Wildman–Crippen MR) is 208 cm³/mol. The Morgan fingerprint density at radius 2 is 1.53 bits per heavy atom. The van der Waals surface area contributed by atoms with Crippen molar-refractivity contribution < 1.29 is 46.4 Å². The number of nitrogens with one attached hydrogen (secondary N) is 2. The van der Waals surface area contributed by atoms with Gasteiger partial charge in [-0.1, -0.05) is 0 Å². The number of nitrogens with zero attached hydrogens (tertiary/aromatic N) is 4. The molecule has 1 atom stereocenters. The molecule has 17 heteroatoms. The molecule has 1 unspecified atom stereocenters. The van der Waals surface area contributed by atoms with Crippen molar-refractivity contribution in [3.8, 4) is 5.75 Å². The molecule has 2 N–H and O–H groups in total. The first-order valence-corrected chi connectivity index (χ1v) is 20.0. The highest BCUT2D eigenvalue weighted by atomic mass is 32.2. The Morgan fingerprint density at radius 3 is 2.09 bits per heavy atom. The molecule has 306 valence electrons. The van der Waals surface area contributed by atoms with Crippen LogP contribution < -0.4 is 10.1 Å². The predicted octanol–water partition coefficient (Wildman–Crippen LogP) is 4.80. The van der Waals surface area contributed by atoms with E-state index < -0.39 is 20.2 Å². The molecule has 1 aromatic carbocycles. The van der Waals surface area contributed by atoms with Crippen molar-refractivity contribution in [2.24, 2.45) is 0 Å². The van der Waals surface area contributed by atoms with E-state index in [0.717, 1.165) is 11.3 Å². The minimum atomic E-state index is -3.79. The Kier molecular flexibility index (Phi) is 15.3. The zero-order chi connectivity index (χ0) is 40.4. The number of sulfone groups is 1. The van der Waals surface area contributed by atoms with Crippen LogP contribution in [-0.4, -0.2) is 141 Å². The number of benzene rings is 1. The summed E-state index contributed by atoms with van der Waals surface area (Å²) in [6.07, 6.45) is 1.28. The number of amides is 2. The van der Waals surface area contributed by atoms with E-state index >= 15 is 0 Å². The second kappa shape index (κ2) is 19.2. The lowest BCUT2D eigenvalue weighted by atomic mass is 10.1. The summed E-state index contributed by atoms with van der Waals surface area (Å²) in [5.41, 5.74) is 2.55. The number of carbonyl (C=O) groups excluding carboxylic acids is 2. The SMILES string of the molecule is Cc1[nH]nc(Nc2ccnc3cc(OCCOCCOCCOCCOCC(=O)N4CCN(C(=O)OC(C)(C)C)C(C)C4)c(S(=O)(=O)C(C)(C)C)cc23)c1C. The number of anilines is 2. The van der Waals surface area contributed by atoms with Crippen LogP contribution in [0.25, 0.3) is 10.9 Å². The maximum absolute atomic E-state index is 13.7. The summed E-state index contributed by atoms with van der Waals surface area (Å²) >= 11 is 0. The van der Waals surface area contributed by atoms with Crippen molar-refractivity contribution in [1.29, 1.82) is 0 Å². The van der Waals surface area contributed by atoms with Crippen LogP contribution in [0.4, 0.5) is 16.3 Å². The number of pyridine rings is 1. The van der Waals surface area contributed by atoms with E-state index in [2.05, 4.69) is 20.5 Å². The molecule has 3 aromatic rings. The first-order valence-electron chi connectivity index (χ1n) is 18.6. The molecule has 0 radical (unpaired) electrons. The van der Waals surface area contributed by atoms with Gasteiger partial charge in [0.2, 0.25) is 5.91 Å². The number of H-pyrrole nitrogens is 1. The van der Waals surface area contributed by atoms with E-state index in [-0.39, 0.29) is 55.1 Å². The van der Waals surface area contributed by atoms with Gasteiger partial charge in [-0.3, -0.25) is 14.9 Å². The molecule has 2 amide bonds. The van der Waals surface area contributed by atoms with Crippen molar-refractivity contribution in [3.63, 3.8) is 0 Å². The van der Waals surface area contributed by atoms with Gasteiger partial charge in [0, 0.05) is 54.6 Å². The van der Waals surface area contributed by atoms with Crippen molar-refractivity contribution in [2.45, 2.75) is 83.6 Å². The zero-order valence-electron chi connectivity index (χ0n) is 33.7. The minimum Gasteiger partial charge on any atom is -0.490 e. The summed E-state index contributed by atoms with van der Waals surface area (Å²) in [7, 11) is -3.79. The Labute approximate surface area is 324 Å². The number of aryl methyl sites for hydroxylation is 1. The number of piperazine rings is 1. The highest BCUT2D eigenvalue weighted by Crippen LogP contribution is 2.37. The monoisotopic (exact) mass is 790 g/mol. The van der Waals surface area contributed by atoms with Gasteiger partial charge < -0.3 is 43.5 Å². The van der Waals surface area contributed by atoms with Crippen LogP contribution in [0.5, 0.6) is 5.75 Å².